The van der Waals surface area contributed by atoms with E-state index in [1.54, 1.807) is 0 Å². The van der Waals surface area contributed by atoms with Gasteiger partial charge in [-0.3, -0.25) is 4.79 Å². The fourth-order valence-corrected chi connectivity index (χ4v) is 3.09. The minimum absolute atomic E-state index is 0.0856. The van der Waals surface area contributed by atoms with Crippen molar-refractivity contribution in [2.24, 2.45) is 5.73 Å². The fourth-order valence-electron chi connectivity index (χ4n) is 3.09. The Balaban J connectivity index is 1.64. The van der Waals surface area contributed by atoms with Crippen molar-refractivity contribution in [1.29, 1.82) is 0 Å². The second-order valence-corrected chi connectivity index (χ2v) is 6.18. The lowest BCUT2D eigenvalue weighted by atomic mass is 9.90. The van der Waals surface area contributed by atoms with Crippen LogP contribution in [-0.2, 0) is 20.8 Å². The summed E-state index contributed by atoms with van der Waals surface area (Å²) in [5.74, 6) is -0.0856. The average molecular weight is 319 g/mol. The number of carbonyl (C=O) groups excluding carboxylic acids is 1. The molecule has 6 heteroatoms. The Morgan fingerprint density at radius 3 is 2.52 bits per heavy atom. The molecule has 3 N–H and O–H groups in total. The summed E-state index contributed by atoms with van der Waals surface area (Å²) in [6.07, 6.45) is 1.15. The lowest BCUT2D eigenvalue weighted by Crippen LogP contribution is -2.56. The molecule has 1 aromatic carbocycles. The topological polar surface area (TPSA) is 76.8 Å². The van der Waals surface area contributed by atoms with Crippen molar-refractivity contribution in [3.63, 3.8) is 0 Å². The Morgan fingerprint density at radius 2 is 1.78 bits per heavy atom. The van der Waals surface area contributed by atoms with Crippen LogP contribution in [0.3, 0.4) is 0 Å². The van der Waals surface area contributed by atoms with Gasteiger partial charge < -0.3 is 25.4 Å². The Morgan fingerprint density at radius 1 is 1.13 bits per heavy atom. The van der Waals surface area contributed by atoms with Gasteiger partial charge in [-0.2, -0.15) is 0 Å². The maximum Gasteiger partial charge on any atom is 0.240 e. The van der Waals surface area contributed by atoms with Gasteiger partial charge in [-0.15, -0.1) is 0 Å². The molecule has 6 nitrogen and oxygen atoms in total. The maximum atomic E-state index is 12.5. The number of hydrogen-bond acceptors (Lipinski definition) is 5. The Kier molecular flexibility index (Phi) is 5.15. The molecule has 23 heavy (non-hydrogen) atoms. The number of para-hydroxylation sites is 1. The molecule has 126 valence electrons. The second kappa shape index (κ2) is 7.29. The molecule has 0 unspecified atom stereocenters. The molecule has 0 radical (unpaired) electrons. The fraction of sp³-hybridized carbons (Fsp3) is 0.588. The Bertz CT molecular complexity index is 538. The Labute approximate surface area is 136 Å². The number of rotatable bonds is 4. The summed E-state index contributed by atoms with van der Waals surface area (Å²) in [7, 11) is 0. The molecular weight excluding hydrogens is 294 g/mol. The van der Waals surface area contributed by atoms with Crippen molar-refractivity contribution < 1.29 is 14.3 Å². The summed E-state index contributed by atoms with van der Waals surface area (Å²) in [4.78, 5) is 14.8. The maximum absolute atomic E-state index is 12.5. The zero-order valence-electron chi connectivity index (χ0n) is 13.4. The van der Waals surface area contributed by atoms with E-state index in [1.807, 2.05) is 12.1 Å². The summed E-state index contributed by atoms with van der Waals surface area (Å²) in [5, 5.41) is 3.01. The lowest BCUT2D eigenvalue weighted by molar-refractivity contribution is -0.129. The van der Waals surface area contributed by atoms with Gasteiger partial charge in [0.2, 0.25) is 5.91 Å². The third-order valence-corrected chi connectivity index (χ3v) is 4.62. The van der Waals surface area contributed by atoms with Gasteiger partial charge in [0.1, 0.15) is 0 Å². The molecule has 1 aromatic rings. The molecule has 2 aliphatic heterocycles. The molecule has 0 atom stereocenters. The SMILES string of the molecule is NC1(C(=O)NCc2ccccc2N2CCOCC2)CCOCC1. The van der Waals surface area contributed by atoms with E-state index in [0.717, 1.165) is 37.6 Å². The number of benzene rings is 1. The van der Waals surface area contributed by atoms with Crippen LogP contribution in [-0.4, -0.2) is 51.0 Å². The summed E-state index contributed by atoms with van der Waals surface area (Å²) >= 11 is 0. The summed E-state index contributed by atoms with van der Waals surface area (Å²) in [5.41, 5.74) is 7.70. The minimum atomic E-state index is -0.799. The summed E-state index contributed by atoms with van der Waals surface area (Å²) < 4.78 is 10.7. The van der Waals surface area contributed by atoms with Crippen LogP contribution in [0.25, 0.3) is 0 Å². The molecule has 2 saturated heterocycles. The zero-order chi connectivity index (χ0) is 16.1. The second-order valence-electron chi connectivity index (χ2n) is 6.18. The van der Waals surface area contributed by atoms with Gasteiger partial charge in [0, 0.05) is 38.5 Å². The Hall–Kier alpha value is -1.63. The molecule has 2 aliphatic rings. The third-order valence-electron chi connectivity index (χ3n) is 4.62. The monoisotopic (exact) mass is 319 g/mol. The quantitative estimate of drug-likeness (QED) is 0.852. The predicted molar refractivity (Wildman–Crippen MR) is 88.3 cm³/mol. The van der Waals surface area contributed by atoms with E-state index in [-0.39, 0.29) is 5.91 Å². The number of nitrogens with one attached hydrogen (secondary N) is 1. The first-order chi connectivity index (χ1) is 11.2. The number of amides is 1. The molecule has 2 heterocycles. The van der Waals surface area contributed by atoms with Gasteiger partial charge >= 0.3 is 0 Å². The van der Waals surface area contributed by atoms with Gasteiger partial charge in [-0.25, -0.2) is 0 Å². The van der Waals surface area contributed by atoms with Crippen LogP contribution in [0, 0.1) is 0 Å². The first kappa shape index (κ1) is 16.2. The van der Waals surface area contributed by atoms with E-state index >= 15 is 0 Å². The number of hydrogen-bond donors (Lipinski definition) is 2. The van der Waals surface area contributed by atoms with Crippen LogP contribution in [0.2, 0.25) is 0 Å². The van der Waals surface area contributed by atoms with Crippen molar-refractivity contribution in [3.8, 4) is 0 Å². The van der Waals surface area contributed by atoms with E-state index in [0.29, 0.717) is 32.6 Å². The average Bonchev–Trinajstić information content (AvgIpc) is 2.61. The number of carbonyl (C=O) groups is 1. The lowest BCUT2D eigenvalue weighted by Gasteiger charge is -2.33. The number of ether oxygens (including phenoxy) is 2. The predicted octanol–water partition coefficient (Wildman–Crippen LogP) is 0.647. The highest BCUT2D eigenvalue weighted by Crippen LogP contribution is 2.22. The van der Waals surface area contributed by atoms with Crippen LogP contribution >= 0.6 is 0 Å². The van der Waals surface area contributed by atoms with Crippen LogP contribution in [0.4, 0.5) is 5.69 Å². The highest BCUT2D eigenvalue weighted by atomic mass is 16.5. The van der Waals surface area contributed by atoms with Gasteiger partial charge in [0.05, 0.1) is 18.8 Å². The van der Waals surface area contributed by atoms with Crippen LogP contribution in [0.1, 0.15) is 18.4 Å². The molecular formula is C17H25N3O3. The highest BCUT2D eigenvalue weighted by Gasteiger charge is 2.35. The van der Waals surface area contributed by atoms with Crippen molar-refractivity contribution >= 4 is 11.6 Å². The molecule has 0 bridgehead atoms. The zero-order valence-corrected chi connectivity index (χ0v) is 13.4. The molecule has 2 fully saturated rings. The number of nitrogens with two attached hydrogens (primary N) is 1. The van der Waals surface area contributed by atoms with Crippen molar-refractivity contribution in [2.45, 2.75) is 24.9 Å². The number of nitrogens with zero attached hydrogens (tertiary/aromatic N) is 1. The van der Waals surface area contributed by atoms with Crippen LogP contribution < -0.4 is 16.0 Å². The smallest absolute Gasteiger partial charge is 0.240 e. The van der Waals surface area contributed by atoms with Crippen molar-refractivity contribution in [1.82, 2.24) is 5.32 Å². The van der Waals surface area contributed by atoms with Crippen molar-refractivity contribution in [3.05, 3.63) is 29.8 Å². The van der Waals surface area contributed by atoms with Crippen molar-refractivity contribution in [2.75, 3.05) is 44.4 Å². The molecule has 1 amide bonds. The standard InChI is InChI=1S/C17H25N3O3/c18-17(5-9-22-10-6-17)16(21)19-13-14-3-1-2-4-15(14)20-7-11-23-12-8-20/h1-4H,5-13,18H2,(H,19,21). The van der Waals surface area contributed by atoms with E-state index < -0.39 is 5.54 Å². The van der Waals surface area contributed by atoms with E-state index in [4.69, 9.17) is 15.2 Å². The van der Waals surface area contributed by atoms with Crippen LogP contribution in [0.15, 0.2) is 24.3 Å². The highest BCUT2D eigenvalue weighted by molar-refractivity contribution is 5.86. The van der Waals surface area contributed by atoms with Gasteiger partial charge in [-0.05, 0) is 24.5 Å². The first-order valence-electron chi connectivity index (χ1n) is 8.25. The van der Waals surface area contributed by atoms with E-state index in [2.05, 4.69) is 22.3 Å². The summed E-state index contributed by atoms with van der Waals surface area (Å²) in [6, 6.07) is 8.18. The molecule has 0 saturated carbocycles. The van der Waals surface area contributed by atoms with Gasteiger partial charge in [-0.1, -0.05) is 18.2 Å². The molecule has 0 spiro atoms. The van der Waals surface area contributed by atoms with Gasteiger partial charge in [0.15, 0.2) is 0 Å². The summed E-state index contributed by atoms with van der Waals surface area (Å²) in [6.45, 7) is 4.83. The molecule has 3 rings (SSSR count). The molecule has 0 aliphatic carbocycles. The molecule has 0 aromatic heterocycles. The number of anilines is 1. The largest absolute Gasteiger partial charge is 0.381 e. The number of morpholine rings is 1. The van der Waals surface area contributed by atoms with Crippen LogP contribution in [0.5, 0.6) is 0 Å². The minimum Gasteiger partial charge on any atom is -0.381 e. The van der Waals surface area contributed by atoms with E-state index in [1.165, 1.54) is 0 Å². The van der Waals surface area contributed by atoms with Gasteiger partial charge in [0.25, 0.3) is 0 Å². The van der Waals surface area contributed by atoms with E-state index in [9.17, 15) is 4.79 Å². The third kappa shape index (κ3) is 3.83. The first-order valence-corrected chi connectivity index (χ1v) is 8.25. The normalized spacial score (nSPS) is 21.0.